The monoisotopic (exact) mass is 274 g/mol. The summed E-state index contributed by atoms with van der Waals surface area (Å²) in [6.07, 6.45) is 2.31. The lowest BCUT2D eigenvalue weighted by Gasteiger charge is -2.11. The fourth-order valence-corrected chi connectivity index (χ4v) is 3.07. The summed E-state index contributed by atoms with van der Waals surface area (Å²) < 4.78 is 7.74. The lowest BCUT2D eigenvalue weighted by molar-refractivity contribution is 0.183. The maximum atomic E-state index is 6.07. The molecule has 1 fully saturated rings. The Morgan fingerprint density at radius 1 is 1.30 bits per heavy atom. The Kier molecular flexibility index (Phi) is 3.38. The molecule has 3 heterocycles. The van der Waals surface area contributed by atoms with Gasteiger partial charge in [-0.15, -0.1) is 0 Å². The van der Waals surface area contributed by atoms with E-state index in [1.807, 2.05) is 6.92 Å². The third-order valence-corrected chi connectivity index (χ3v) is 4.39. The fraction of sp³-hybridized carbons (Fsp3) is 0.600. The summed E-state index contributed by atoms with van der Waals surface area (Å²) in [5.74, 6) is 2.00. The van der Waals surface area contributed by atoms with Gasteiger partial charge in [0, 0.05) is 25.5 Å². The van der Waals surface area contributed by atoms with Crippen LogP contribution in [0.2, 0.25) is 0 Å². The first-order valence-corrected chi connectivity index (χ1v) is 7.25. The molecule has 0 aromatic carbocycles. The molecule has 108 valence electrons. The van der Waals surface area contributed by atoms with Crippen LogP contribution in [0.4, 0.5) is 5.82 Å². The number of ether oxygens (including phenoxy) is 1. The van der Waals surface area contributed by atoms with Crippen LogP contribution < -0.4 is 5.73 Å². The van der Waals surface area contributed by atoms with Gasteiger partial charge in [0.2, 0.25) is 0 Å². The van der Waals surface area contributed by atoms with Crippen molar-refractivity contribution >= 4 is 16.9 Å². The molecule has 0 radical (unpaired) electrons. The number of nitrogens with two attached hydrogens (primary N) is 1. The Morgan fingerprint density at radius 2 is 2.10 bits per heavy atom. The third-order valence-electron chi connectivity index (χ3n) is 4.39. The molecule has 1 saturated heterocycles. The summed E-state index contributed by atoms with van der Waals surface area (Å²) in [5, 5.41) is 1.01. The van der Waals surface area contributed by atoms with E-state index in [-0.39, 0.29) is 0 Å². The Balaban J connectivity index is 1.98. The smallest absolute Gasteiger partial charge is 0.146 e. The molecule has 1 aliphatic heterocycles. The average Bonchev–Trinajstić information content (AvgIpc) is 2.97. The minimum atomic E-state index is 0.594. The van der Waals surface area contributed by atoms with E-state index < -0.39 is 0 Å². The van der Waals surface area contributed by atoms with E-state index >= 15 is 0 Å². The van der Waals surface area contributed by atoms with Gasteiger partial charge in [0.05, 0.1) is 5.39 Å². The van der Waals surface area contributed by atoms with Gasteiger partial charge in [-0.1, -0.05) is 0 Å². The summed E-state index contributed by atoms with van der Waals surface area (Å²) in [6.45, 7) is 8.90. The van der Waals surface area contributed by atoms with Crippen molar-refractivity contribution in [3.05, 3.63) is 17.1 Å². The van der Waals surface area contributed by atoms with E-state index in [1.54, 1.807) is 0 Å². The van der Waals surface area contributed by atoms with Crippen molar-refractivity contribution in [3.63, 3.8) is 0 Å². The van der Waals surface area contributed by atoms with Gasteiger partial charge in [-0.25, -0.2) is 9.97 Å². The van der Waals surface area contributed by atoms with Crippen molar-refractivity contribution in [3.8, 4) is 0 Å². The molecule has 1 unspecified atom stereocenters. The van der Waals surface area contributed by atoms with E-state index in [0.29, 0.717) is 11.7 Å². The average molecular weight is 274 g/mol. The number of fused-ring (bicyclic) bond motifs is 1. The van der Waals surface area contributed by atoms with Gasteiger partial charge in [-0.2, -0.15) is 0 Å². The number of nitrogens with zero attached hydrogens (tertiary/aromatic N) is 3. The SMILES string of the molecule is Cc1nc(N)c2c(C)c(C)n(CCC3CCOC3)c2n1. The van der Waals surface area contributed by atoms with Crippen LogP contribution in [0, 0.1) is 26.7 Å². The number of hydrogen-bond donors (Lipinski definition) is 1. The largest absolute Gasteiger partial charge is 0.383 e. The molecular weight excluding hydrogens is 252 g/mol. The molecule has 20 heavy (non-hydrogen) atoms. The predicted molar refractivity (Wildman–Crippen MR) is 79.7 cm³/mol. The summed E-state index contributed by atoms with van der Waals surface area (Å²) in [4.78, 5) is 8.89. The van der Waals surface area contributed by atoms with Gasteiger partial charge in [0.15, 0.2) is 0 Å². The topological polar surface area (TPSA) is 66.0 Å². The number of aryl methyl sites for hydroxylation is 3. The molecule has 2 aromatic rings. The predicted octanol–water partition coefficient (Wildman–Crippen LogP) is 2.37. The zero-order chi connectivity index (χ0) is 14.3. The molecule has 0 spiro atoms. The van der Waals surface area contributed by atoms with Crippen LogP contribution in [-0.4, -0.2) is 27.7 Å². The zero-order valence-corrected chi connectivity index (χ0v) is 12.4. The number of hydrogen-bond acceptors (Lipinski definition) is 4. The van der Waals surface area contributed by atoms with Gasteiger partial charge in [-0.3, -0.25) is 0 Å². The Labute approximate surface area is 119 Å². The minimum Gasteiger partial charge on any atom is -0.383 e. The van der Waals surface area contributed by atoms with Crippen LogP contribution in [0.25, 0.3) is 11.0 Å². The molecule has 3 rings (SSSR count). The highest BCUT2D eigenvalue weighted by Crippen LogP contribution is 2.29. The number of nitrogen functional groups attached to an aromatic ring is 1. The van der Waals surface area contributed by atoms with Crippen LogP contribution >= 0.6 is 0 Å². The van der Waals surface area contributed by atoms with E-state index in [1.165, 1.54) is 17.7 Å². The first kappa shape index (κ1) is 13.4. The molecule has 1 aliphatic rings. The lowest BCUT2D eigenvalue weighted by Crippen LogP contribution is -2.08. The van der Waals surface area contributed by atoms with Crippen molar-refractivity contribution in [1.29, 1.82) is 0 Å². The second kappa shape index (κ2) is 5.05. The second-order valence-electron chi connectivity index (χ2n) is 5.74. The van der Waals surface area contributed by atoms with Crippen molar-refractivity contribution in [2.45, 2.75) is 40.2 Å². The van der Waals surface area contributed by atoms with E-state index in [0.717, 1.165) is 43.0 Å². The minimum absolute atomic E-state index is 0.594. The number of anilines is 1. The van der Waals surface area contributed by atoms with Crippen molar-refractivity contribution in [1.82, 2.24) is 14.5 Å². The van der Waals surface area contributed by atoms with Crippen molar-refractivity contribution in [2.24, 2.45) is 5.92 Å². The maximum absolute atomic E-state index is 6.07. The molecule has 1 atom stereocenters. The second-order valence-corrected chi connectivity index (χ2v) is 5.74. The molecule has 2 N–H and O–H groups in total. The standard InChI is InChI=1S/C15H22N4O/c1-9-10(2)19(6-4-12-5-7-20-8-12)15-13(9)14(16)17-11(3)18-15/h12H,4-8H2,1-3H3,(H2,16,17,18). The molecule has 5 heteroatoms. The van der Waals surface area contributed by atoms with Crippen LogP contribution in [0.3, 0.4) is 0 Å². The Bertz CT molecular complexity index is 641. The molecule has 0 bridgehead atoms. The number of aromatic nitrogens is 3. The van der Waals surface area contributed by atoms with Gasteiger partial charge >= 0.3 is 0 Å². The van der Waals surface area contributed by atoms with Crippen LogP contribution in [0.5, 0.6) is 0 Å². The van der Waals surface area contributed by atoms with Gasteiger partial charge in [-0.05, 0) is 45.1 Å². The van der Waals surface area contributed by atoms with Crippen molar-refractivity contribution < 1.29 is 4.74 Å². The Morgan fingerprint density at radius 3 is 2.80 bits per heavy atom. The van der Waals surface area contributed by atoms with E-state index in [9.17, 15) is 0 Å². The van der Waals surface area contributed by atoms with Gasteiger partial charge in [0.1, 0.15) is 17.3 Å². The fourth-order valence-electron chi connectivity index (χ4n) is 3.07. The van der Waals surface area contributed by atoms with Gasteiger partial charge < -0.3 is 15.0 Å². The highest BCUT2D eigenvalue weighted by atomic mass is 16.5. The first-order valence-electron chi connectivity index (χ1n) is 7.25. The summed E-state index contributed by atoms with van der Waals surface area (Å²) >= 11 is 0. The first-order chi connectivity index (χ1) is 9.58. The van der Waals surface area contributed by atoms with Crippen LogP contribution in [0.1, 0.15) is 29.9 Å². The normalized spacial score (nSPS) is 19.1. The van der Waals surface area contributed by atoms with E-state index in [2.05, 4.69) is 28.4 Å². The lowest BCUT2D eigenvalue weighted by atomic mass is 10.1. The van der Waals surface area contributed by atoms with Crippen LogP contribution in [-0.2, 0) is 11.3 Å². The Hall–Kier alpha value is -1.62. The number of rotatable bonds is 3. The molecule has 2 aromatic heterocycles. The molecule has 5 nitrogen and oxygen atoms in total. The molecular formula is C15H22N4O. The highest BCUT2D eigenvalue weighted by Gasteiger charge is 2.19. The maximum Gasteiger partial charge on any atom is 0.146 e. The zero-order valence-electron chi connectivity index (χ0n) is 12.4. The van der Waals surface area contributed by atoms with Gasteiger partial charge in [0.25, 0.3) is 0 Å². The van der Waals surface area contributed by atoms with E-state index in [4.69, 9.17) is 10.5 Å². The summed E-state index contributed by atoms with van der Waals surface area (Å²) in [6, 6.07) is 0. The summed E-state index contributed by atoms with van der Waals surface area (Å²) in [5.41, 5.74) is 9.49. The summed E-state index contributed by atoms with van der Waals surface area (Å²) in [7, 11) is 0. The molecule has 0 aliphatic carbocycles. The van der Waals surface area contributed by atoms with Crippen LogP contribution in [0.15, 0.2) is 0 Å². The molecule has 0 amide bonds. The molecule has 0 saturated carbocycles. The quantitative estimate of drug-likeness (QED) is 0.933. The third kappa shape index (κ3) is 2.16. The highest BCUT2D eigenvalue weighted by molar-refractivity contribution is 5.91. The van der Waals surface area contributed by atoms with Crippen molar-refractivity contribution in [2.75, 3.05) is 18.9 Å².